The predicted molar refractivity (Wildman–Crippen MR) is 114 cm³/mol. The molecule has 2 aromatic carbocycles. The van der Waals surface area contributed by atoms with E-state index in [1.54, 1.807) is 39.0 Å². The highest BCUT2D eigenvalue weighted by Gasteiger charge is 2.27. The Hall–Kier alpha value is -3.06. The fraction of sp³-hybridized carbons (Fsp3) is 0.318. The number of nitrogens with one attached hydrogen (secondary N) is 2. The number of ether oxygens (including phenoxy) is 2. The Labute approximate surface area is 179 Å². The fourth-order valence-electron chi connectivity index (χ4n) is 2.80. The van der Waals surface area contributed by atoms with Gasteiger partial charge in [0.15, 0.2) is 0 Å². The molecule has 1 aromatic heterocycles. The first-order chi connectivity index (χ1) is 14.2. The Morgan fingerprint density at radius 3 is 2.60 bits per heavy atom. The molecule has 0 bridgehead atoms. The SMILES string of the molecule is CC(C)(C)OC(=O)N[C@H](Cc1nc2ccc(Cl)cc2[nH]1)C(=O)OCc1ccccc1. The lowest BCUT2D eigenvalue weighted by molar-refractivity contribution is -0.147. The van der Waals surface area contributed by atoms with E-state index in [1.165, 1.54) is 0 Å². The molecule has 0 saturated heterocycles. The average molecular weight is 430 g/mol. The zero-order valence-corrected chi connectivity index (χ0v) is 17.8. The van der Waals surface area contributed by atoms with Gasteiger partial charge in [-0.25, -0.2) is 14.6 Å². The monoisotopic (exact) mass is 429 g/mol. The first kappa shape index (κ1) is 21.6. The van der Waals surface area contributed by atoms with Crippen LogP contribution < -0.4 is 5.32 Å². The maximum atomic E-state index is 12.7. The normalized spacial score (nSPS) is 12.4. The molecule has 8 heteroatoms. The first-order valence-electron chi connectivity index (χ1n) is 9.54. The quantitative estimate of drug-likeness (QED) is 0.566. The topological polar surface area (TPSA) is 93.3 Å². The third-order valence-corrected chi connectivity index (χ3v) is 4.32. The van der Waals surface area contributed by atoms with Gasteiger partial charge in [-0.3, -0.25) is 0 Å². The number of aromatic nitrogens is 2. The Morgan fingerprint density at radius 1 is 1.17 bits per heavy atom. The van der Waals surface area contributed by atoms with E-state index in [9.17, 15) is 9.59 Å². The summed E-state index contributed by atoms with van der Waals surface area (Å²) in [7, 11) is 0. The van der Waals surface area contributed by atoms with E-state index in [-0.39, 0.29) is 13.0 Å². The zero-order valence-electron chi connectivity index (χ0n) is 17.1. The van der Waals surface area contributed by atoms with Crippen molar-refractivity contribution in [3.63, 3.8) is 0 Å². The van der Waals surface area contributed by atoms with E-state index < -0.39 is 23.7 Å². The minimum Gasteiger partial charge on any atom is -0.459 e. The van der Waals surface area contributed by atoms with Gasteiger partial charge in [-0.15, -0.1) is 0 Å². The second-order valence-corrected chi connectivity index (χ2v) is 8.28. The van der Waals surface area contributed by atoms with Crippen LogP contribution in [0.2, 0.25) is 5.02 Å². The number of H-pyrrole nitrogens is 1. The number of rotatable bonds is 6. The molecule has 1 atom stereocenters. The Balaban J connectivity index is 1.74. The summed E-state index contributed by atoms with van der Waals surface area (Å²) in [6.07, 6.45) is -0.595. The molecule has 1 heterocycles. The molecule has 158 valence electrons. The maximum Gasteiger partial charge on any atom is 0.408 e. The highest BCUT2D eigenvalue weighted by atomic mass is 35.5. The third kappa shape index (κ3) is 6.22. The number of imidazole rings is 1. The molecule has 0 fully saturated rings. The molecule has 0 aliphatic rings. The second kappa shape index (κ2) is 9.17. The largest absolute Gasteiger partial charge is 0.459 e. The Kier molecular flexibility index (Phi) is 6.62. The molecule has 0 radical (unpaired) electrons. The molecule has 30 heavy (non-hydrogen) atoms. The van der Waals surface area contributed by atoms with Gasteiger partial charge in [0.2, 0.25) is 0 Å². The van der Waals surface area contributed by atoms with Crippen LogP contribution in [-0.4, -0.2) is 33.7 Å². The molecule has 0 aliphatic carbocycles. The number of esters is 1. The van der Waals surface area contributed by atoms with Gasteiger partial charge in [0.1, 0.15) is 24.1 Å². The van der Waals surface area contributed by atoms with E-state index in [0.29, 0.717) is 16.4 Å². The van der Waals surface area contributed by atoms with Crippen molar-refractivity contribution in [2.24, 2.45) is 0 Å². The lowest BCUT2D eigenvalue weighted by atomic mass is 10.2. The second-order valence-electron chi connectivity index (χ2n) is 7.84. The molecule has 1 amide bonds. The van der Waals surface area contributed by atoms with Crippen molar-refractivity contribution in [2.45, 2.75) is 45.4 Å². The molecule has 0 aliphatic heterocycles. The predicted octanol–water partition coefficient (Wildman–Crippen LogP) is 4.40. The van der Waals surface area contributed by atoms with Crippen LogP contribution in [-0.2, 0) is 27.3 Å². The number of alkyl carbamates (subject to hydrolysis) is 1. The molecule has 7 nitrogen and oxygen atoms in total. The van der Waals surface area contributed by atoms with Gasteiger partial charge < -0.3 is 19.8 Å². The van der Waals surface area contributed by atoms with E-state index >= 15 is 0 Å². The molecule has 0 unspecified atom stereocenters. The molecule has 0 saturated carbocycles. The van der Waals surface area contributed by atoms with Gasteiger partial charge in [-0.1, -0.05) is 41.9 Å². The summed E-state index contributed by atoms with van der Waals surface area (Å²) in [6, 6.07) is 13.6. The number of aromatic amines is 1. The number of nitrogens with zero attached hydrogens (tertiary/aromatic N) is 1. The van der Waals surface area contributed by atoms with Crippen LogP contribution in [0, 0.1) is 0 Å². The maximum absolute atomic E-state index is 12.7. The van der Waals surface area contributed by atoms with Crippen molar-refractivity contribution in [1.82, 2.24) is 15.3 Å². The van der Waals surface area contributed by atoms with Crippen molar-refractivity contribution in [3.8, 4) is 0 Å². The van der Waals surface area contributed by atoms with Crippen LogP contribution in [0.5, 0.6) is 0 Å². The van der Waals surface area contributed by atoms with Crippen molar-refractivity contribution in [2.75, 3.05) is 0 Å². The summed E-state index contributed by atoms with van der Waals surface area (Å²) in [5.74, 6) is -0.0619. The van der Waals surface area contributed by atoms with Gasteiger partial charge in [-0.05, 0) is 44.5 Å². The lowest BCUT2D eigenvalue weighted by Gasteiger charge is -2.22. The van der Waals surface area contributed by atoms with Crippen molar-refractivity contribution >= 4 is 34.7 Å². The minimum atomic E-state index is -0.973. The number of hydrogen-bond donors (Lipinski definition) is 2. The number of carbonyl (C=O) groups excluding carboxylic acids is 2. The summed E-state index contributed by atoms with van der Waals surface area (Å²) < 4.78 is 10.7. The van der Waals surface area contributed by atoms with Gasteiger partial charge in [0.05, 0.1) is 11.0 Å². The van der Waals surface area contributed by atoms with Crippen LogP contribution in [0.25, 0.3) is 11.0 Å². The van der Waals surface area contributed by atoms with Crippen molar-refractivity contribution in [1.29, 1.82) is 0 Å². The van der Waals surface area contributed by atoms with Crippen LogP contribution >= 0.6 is 11.6 Å². The lowest BCUT2D eigenvalue weighted by Crippen LogP contribution is -2.45. The smallest absolute Gasteiger partial charge is 0.408 e. The first-order valence-corrected chi connectivity index (χ1v) is 9.91. The van der Waals surface area contributed by atoms with Crippen LogP contribution in [0.15, 0.2) is 48.5 Å². The van der Waals surface area contributed by atoms with E-state index in [1.807, 2.05) is 30.3 Å². The highest BCUT2D eigenvalue weighted by Crippen LogP contribution is 2.18. The van der Waals surface area contributed by atoms with E-state index in [0.717, 1.165) is 11.1 Å². The minimum absolute atomic E-state index is 0.0991. The van der Waals surface area contributed by atoms with Crippen molar-refractivity contribution < 1.29 is 19.1 Å². The molecular formula is C22H24ClN3O4. The molecule has 3 rings (SSSR count). The molecule has 2 N–H and O–H groups in total. The number of carbonyl (C=O) groups is 2. The van der Waals surface area contributed by atoms with Gasteiger partial charge in [-0.2, -0.15) is 0 Å². The van der Waals surface area contributed by atoms with Crippen LogP contribution in [0.4, 0.5) is 4.79 Å². The molecule has 3 aromatic rings. The Bertz CT molecular complexity index is 1030. The fourth-order valence-corrected chi connectivity index (χ4v) is 2.97. The third-order valence-electron chi connectivity index (χ3n) is 4.09. The molecule has 0 spiro atoms. The summed E-state index contributed by atoms with van der Waals surface area (Å²) in [5, 5.41) is 3.16. The Morgan fingerprint density at radius 2 is 1.90 bits per heavy atom. The van der Waals surface area contributed by atoms with E-state index in [4.69, 9.17) is 21.1 Å². The standard InChI is InChI=1S/C22H24ClN3O4/c1-22(2,3)30-21(28)26-18(20(27)29-13-14-7-5-4-6-8-14)12-19-24-16-10-9-15(23)11-17(16)25-19/h4-11,18H,12-13H2,1-3H3,(H,24,25)(H,26,28)/t18-/m1/s1. The van der Waals surface area contributed by atoms with Gasteiger partial charge in [0, 0.05) is 11.4 Å². The number of hydrogen-bond acceptors (Lipinski definition) is 5. The summed E-state index contributed by atoms with van der Waals surface area (Å²) in [5.41, 5.74) is 1.60. The van der Waals surface area contributed by atoms with Gasteiger partial charge >= 0.3 is 12.1 Å². The van der Waals surface area contributed by atoms with Gasteiger partial charge in [0.25, 0.3) is 0 Å². The average Bonchev–Trinajstić information content (AvgIpc) is 3.06. The summed E-state index contributed by atoms with van der Waals surface area (Å²) in [4.78, 5) is 32.6. The van der Waals surface area contributed by atoms with Crippen LogP contribution in [0.3, 0.4) is 0 Å². The summed E-state index contributed by atoms with van der Waals surface area (Å²) >= 11 is 6.02. The number of amides is 1. The van der Waals surface area contributed by atoms with Crippen LogP contribution in [0.1, 0.15) is 32.2 Å². The highest BCUT2D eigenvalue weighted by molar-refractivity contribution is 6.31. The number of fused-ring (bicyclic) bond motifs is 1. The molecular weight excluding hydrogens is 406 g/mol. The number of benzene rings is 2. The number of halogens is 1. The van der Waals surface area contributed by atoms with Crippen molar-refractivity contribution in [3.05, 3.63) is 64.9 Å². The van der Waals surface area contributed by atoms with E-state index in [2.05, 4.69) is 15.3 Å². The summed E-state index contributed by atoms with van der Waals surface area (Å²) in [6.45, 7) is 5.34. The zero-order chi connectivity index (χ0) is 21.7.